The van der Waals surface area contributed by atoms with Gasteiger partial charge in [-0.1, -0.05) is 0 Å². The molecule has 1 aliphatic rings. The van der Waals surface area contributed by atoms with E-state index in [2.05, 4.69) is 11.1 Å². The number of fused-ring (bicyclic) bond motifs is 4. The predicted octanol–water partition coefficient (Wildman–Crippen LogP) is 2.11. The van der Waals surface area contributed by atoms with E-state index >= 15 is 0 Å². The molecule has 0 unspecified atom stereocenters. The molecule has 0 bridgehead atoms. The molecular formula is C16H10ClHgNO2. The van der Waals surface area contributed by atoms with E-state index in [0.29, 0.717) is 11.6 Å². The van der Waals surface area contributed by atoms with Gasteiger partial charge in [-0.25, -0.2) is 0 Å². The molecule has 1 N–H and O–H groups in total. The van der Waals surface area contributed by atoms with Crippen molar-refractivity contribution in [1.29, 1.82) is 0 Å². The fourth-order valence-corrected chi connectivity index (χ4v) is 9.96. The number of pyridine rings is 1. The van der Waals surface area contributed by atoms with Crippen molar-refractivity contribution in [2.24, 2.45) is 0 Å². The van der Waals surface area contributed by atoms with Crippen LogP contribution in [0.1, 0.15) is 5.56 Å². The van der Waals surface area contributed by atoms with E-state index < -0.39 is 24.6 Å². The van der Waals surface area contributed by atoms with E-state index in [1.54, 1.807) is 6.07 Å². The number of aromatic nitrogens is 1. The van der Waals surface area contributed by atoms with Gasteiger partial charge in [0.15, 0.2) is 0 Å². The van der Waals surface area contributed by atoms with Crippen LogP contribution >= 0.6 is 11.6 Å². The van der Waals surface area contributed by atoms with Crippen molar-refractivity contribution in [3.63, 3.8) is 0 Å². The van der Waals surface area contributed by atoms with Crippen LogP contribution in [0.2, 0.25) is 5.02 Å². The fourth-order valence-electron chi connectivity index (χ4n) is 2.86. The Hall–Kier alpha value is -1.32. The summed E-state index contributed by atoms with van der Waals surface area (Å²) in [4.78, 5) is 15.4. The van der Waals surface area contributed by atoms with Crippen LogP contribution in [0.4, 0.5) is 0 Å². The van der Waals surface area contributed by atoms with E-state index in [4.69, 9.17) is 16.3 Å². The average Bonchev–Trinajstić information content (AvgIpc) is 2.68. The molecule has 1 aliphatic heterocycles. The van der Waals surface area contributed by atoms with Crippen molar-refractivity contribution < 1.29 is 29.3 Å². The number of ether oxygens (including phenoxy) is 1. The molecule has 0 aliphatic carbocycles. The van der Waals surface area contributed by atoms with E-state index in [0.717, 1.165) is 25.3 Å². The molecule has 3 nitrogen and oxygen atoms in total. The summed E-state index contributed by atoms with van der Waals surface area (Å²) >= 11 is 4.38. The first-order valence-corrected chi connectivity index (χ1v) is 12.6. The molecule has 0 amide bonds. The van der Waals surface area contributed by atoms with E-state index in [-0.39, 0.29) is 5.56 Å². The van der Waals surface area contributed by atoms with Crippen molar-refractivity contribution in [1.82, 2.24) is 4.98 Å². The number of aromatic amines is 1. The monoisotopic (exact) mass is 485 g/mol. The van der Waals surface area contributed by atoms with Gasteiger partial charge >= 0.3 is 139 Å². The zero-order valence-electron chi connectivity index (χ0n) is 11.2. The van der Waals surface area contributed by atoms with Gasteiger partial charge in [0.1, 0.15) is 0 Å². The Kier molecular flexibility index (Phi) is 3.27. The molecule has 2 heterocycles. The van der Waals surface area contributed by atoms with Gasteiger partial charge in [-0.05, 0) is 0 Å². The van der Waals surface area contributed by atoms with Crippen molar-refractivity contribution >= 4 is 28.6 Å². The molecule has 21 heavy (non-hydrogen) atoms. The second kappa shape index (κ2) is 5.14. The summed E-state index contributed by atoms with van der Waals surface area (Å²) in [6, 6.07) is 13.6. The predicted molar refractivity (Wildman–Crippen MR) is 79.6 cm³/mol. The first-order valence-electron chi connectivity index (χ1n) is 6.76. The zero-order chi connectivity index (χ0) is 14.4. The standard InChI is InChI=1S/C16H10ClNO2.Hg/c17-12-6-7-15-14(9-12)11(8-16(19)18-15)10-20-13-4-2-1-3-5-13;/h1-4,6-7,9H,10H2,(H,18,19);. The van der Waals surface area contributed by atoms with Gasteiger partial charge in [0.25, 0.3) is 0 Å². The van der Waals surface area contributed by atoms with Crippen LogP contribution in [0, 0.1) is 0 Å². The van der Waals surface area contributed by atoms with Crippen LogP contribution in [0.5, 0.6) is 5.75 Å². The molecule has 5 heteroatoms. The quantitative estimate of drug-likeness (QED) is 0.497. The molecule has 1 aromatic heterocycles. The molecule has 4 rings (SSSR count). The Morgan fingerprint density at radius 3 is 2.95 bits per heavy atom. The second-order valence-corrected chi connectivity index (χ2v) is 12.7. The van der Waals surface area contributed by atoms with E-state index in [1.807, 2.05) is 30.3 Å². The summed E-state index contributed by atoms with van der Waals surface area (Å²) in [5.74, 6) is 0.935. The van der Waals surface area contributed by atoms with Gasteiger partial charge in [0, 0.05) is 0 Å². The van der Waals surface area contributed by atoms with Crippen molar-refractivity contribution in [3.05, 3.63) is 63.4 Å². The molecule has 3 aromatic rings. The topological polar surface area (TPSA) is 42.1 Å². The Balaban J connectivity index is 2.01. The summed E-state index contributed by atoms with van der Waals surface area (Å²) in [6.45, 7) is 0.438. The molecule has 0 radical (unpaired) electrons. The summed E-state index contributed by atoms with van der Waals surface area (Å²) in [7, 11) is 0. The maximum absolute atomic E-state index is 12.4. The summed E-state index contributed by atoms with van der Waals surface area (Å²) in [5, 5.41) is 1.68. The van der Waals surface area contributed by atoms with Crippen LogP contribution < -0.4 is 16.4 Å². The summed E-state index contributed by atoms with van der Waals surface area (Å²) in [6.07, 6.45) is 0. The Morgan fingerprint density at radius 2 is 2.05 bits per heavy atom. The molecule has 2 aromatic carbocycles. The van der Waals surface area contributed by atoms with Crippen LogP contribution in [0.3, 0.4) is 0 Å². The molecule has 0 saturated carbocycles. The number of H-pyrrole nitrogens is 1. The normalized spacial score (nSPS) is 12.4. The minimum absolute atomic E-state index is 0.0433. The average molecular weight is 484 g/mol. The first-order chi connectivity index (χ1) is 10.2. The third kappa shape index (κ3) is 2.28. The van der Waals surface area contributed by atoms with Gasteiger partial charge in [0.05, 0.1) is 0 Å². The van der Waals surface area contributed by atoms with Gasteiger partial charge in [0.2, 0.25) is 0 Å². The SMILES string of the molecule is O=c1[nH]c2ccc(Cl)cc2c2[c]1[Hg][c]1ccccc1OC2. The van der Waals surface area contributed by atoms with Crippen molar-refractivity contribution in [3.8, 4) is 5.75 Å². The number of halogens is 1. The molecule has 0 spiro atoms. The maximum atomic E-state index is 12.4. The van der Waals surface area contributed by atoms with Crippen LogP contribution in [-0.4, -0.2) is 4.98 Å². The molecular weight excluding hydrogens is 474 g/mol. The van der Waals surface area contributed by atoms with Crippen molar-refractivity contribution in [2.75, 3.05) is 0 Å². The first kappa shape index (κ1) is 13.3. The molecule has 100 valence electrons. The molecule has 0 fully saturated rings. The van der Waals surface area contributed by atoms with Gasteiger partial charge in [-0.15, -0.1) is 0 Å². The Labute approximate surface area is 138 Å². The number of nitrogens with one attached hydrogen (secondary N) is 1. The van der Waals surface area contributed by atoms with Gasteiger partial charge < -0.3 is 0 Å². The van der Waals surface area contributed by atoms with E-state index in [1.165, 1.54) is 3.07 Å². The number of hydrogen-bond donors (Lipinski definition) is 1. The van der Waals surface area contributed by atoms with Crippen LogP contribution in [0.25, 0.3) is 10.9 Å². The number of rotatable bonds is 0. The van der Waals surface area contributed by atoms with E-state index in [9.17, 15) is 4.79 Å². The fraction of sp³-hybridized carbons (Fsp3) is 0.0625. The van der Waals surface area contributed by atoms with Crippen LogP contribution in [-0.2, 0) is 31.2 Å². The Bertz CT molecular complexity index is 920. The van der Waals surface area contributed by atoms with Gasteiger partial charge in [-0.3, -0.25) is 0 Å². The number of hydrogen-bond acceptors (Lipinski definition) is 2. The number of para-hydroxylation sites is 1. The minimum atomic E-state index is -1.74. The van der Waals surface area contributed by atoms with Gasteiger partial charge in [-0.2, -0.15) is 0 Å². The Morgan fingerprint density at radius 1 is 1.19 bits per heavy atom. The number of benzene rings is 2. The van der Waals surface area contributed by atoms with Crippen LogP contribution in [0.15, 0.2) is 47.3 Å². The summed E-state index contributed by atoms with van der Waals surface area (Å²) in [5.41, 5.74) is 1.89. The molecule has 0 saturated heterocycles. The zero-order valence-corrected chi connectivity index (χ0v) is 17.4. The third-order valence-corrected chi connectivity index (χ3v) is 12.2. The summed E-state index contributed by atoms with van der Waals surface area (Å²) < 4.78 is 8.17. The second-order valence-electron chi connectivity index (χ2n) is 5.17. The van der Waals surface area contributed by atoms with Crippen molar-refractivity contribution in [2.45, 2.75) is 6.61 Å². The molecule has 0 atom stereocenters. The third-order valence-electron chi connectivity index (χ3n) is 3.91.